The van der Waals surface area contributed by atoms with E-state index in [4.69, 9.17) is 5.73 Å². The molecule has 218 valence electrons. The summed E-state index contributed by atoms with van der Waals surface area (Å²) < 4.78 is 64.4. The number of halogens is 3. The molecule has 2 aliphatic heterocycles. The molecule has 0 saturated carbocycles. The number of primary amides is 1. The lowest BCUT2D eigenvalue weighted by atomic mass is 9.89. The third-order valence-electron chi connectivity index (χ3n) is 7.60. The molecule has 0 aromatic heterocycles. The van der Waals surface area contributed by atoms with E-state index in [0.29, 0.717) is 43.6 Å². The smallest absolute Gasteiger partial charge is 0.351 e. The van der Waals surface area contributed by atoms with Gasteiger partial charge in [0, 0.05) is 38.7 Å². The largest absolute Gasteiger partial charge is 0.389 e. The molecule has 39 heavy (non-hydrogen) atoms. The predicted molar refractivity (Wildman–Crippen MR) is 144 cm³/mol. The Bertz CT molecular complexity index is 1190. The number of amides is 3. The highest BCUT2D eigenvalue weighted by Gasteiger charge is 2.47. The van der Waals surface area contributed by atoms with Gasteiger partial charge in [-0.1, -0.05) is 12.8 Å². The molecule has 1 saturated heterocycles. The van der Waals surface area contributed by atoms with Gasteiger partial charge in [0.05, 0.1) is 5.75 Å². The fourth-order valence-electron chi connectivity index (χ4n) is 5.19. The van der Waals surface area contributed by atoms with Crippen molar-refractivity contribution in [2.45, 2.75) is 83.4 Å². The zero-order chi connectivity index (χ0) is 29.0. The molecule has 3 N–H and O–H groups in total. The van der Waals surface area contributed by atoms with E-state index >= 15 is 0 Å². The SMILES string of the molecule is Cc1cc(N(C)C(N)=O)cc(C)c1CCS(=O)(=O)N1CCC2(CC1)N=C(CCCCCCC(F)(F)F)NC2=O. The van der Waals surface area contributed by atoms with Crippen molar-refractivity contribution in [3.8, 4) is 0 Å². The number of anilines is 1. The minimum atomic E-state index is -4.13. The third-order valence-corrected chi connectivity index (χ3v) is 9.48. The number of nitrogens with two attached hydrogens (primary N) is 1. The number of sulfonamides is 1. The molecule has 2 aliphatic rings. The van der Waals surface area contributed by atoms with Gasteiger partial charge >= 0.3 is 12.2 Å². The summed E-state index contributed by atoms with van der Waals surface area (Å²) in [5.74, 6) is 0.212. The third kappa shape index (κ3) is 7.93. The summed E-state index contributed by atoms with van der Waals surface area (Å²) in [7, 11) is -2.00. The number of nitrogens with one attached hydrogen (secondary N) is 1. The second-order valence-corrected chi connectivity index (χ2v) is 12.6. The molecule has 2 heterocycles. The van der Waals surface area contributed by atoms with Gasteiger partial charge in [0.1, 0.15) is 11.4 Å². The summed E-state index contributed by atoms with van der Waals surface area (Å²) in [4.78, 5) is 30.1. The Balaban J connectivity index is 1.52. The van der Waals surface area contributed by atoms with Crippen LogP contribution in [0.1, 0.15) is 68.1 Å². The van der Waals surface area contributed by atoms with Gasteiger partial charge in [0.25, 0.3) is 5.91 Å². The van der Waals surface area contributed by atoms with Gasteiger partial charge in [0.2, 0.25) is 10.0 Å². The van der Waals surface area contributed by atoms with E-state index in [1.807, 2.05) is 13.8 Å². The Morgan fingerprint density at radius 3 is 2.26 bits per heavy atom. The maximum absolute atomic E-state index is 13.1. The van der Waals surface area contributed by atoms with Gasteiger partial charge in [-0.2, -0.15) is 13.2 Å². The zero-order valence-electron chi connectivity index (χ0n) is 22.7. The second kappa shape index (κ2) is 12.2. The first-order valence-electron chi connectivity index (χ1n) is 13.2. The summed E-state index contributed by atoms with van der Waals surface area (Å²) in [5, 5.41) is 2.79. The van der Waals surface area contributed by atoms with E-state index in [9.17, 15) is 31.2 Å². The van der Waals surface area contributed by atoms with Crippen molar-refractivity contribution in [2.24, 2.45) is 10.7 Å². The van der Waals surface area contributed by atoms with Gasteiger partial charge in [-0.05, 0) is 74.8 Å². The predicted octanol–water partition coefficient (Wildman–Crippen LogP) is 3.96. The molecule has 1 spiro atoms. The minimum Gasteiger partial charge on any atom is -0.351 e. The number of carbonyl (C=O) groups is 2. The van der Waals surface area contributed by atoms with E-state index in [2.05, 4.69) is 10.3 Å². The molecule has 1 aromatic carbocycles. The van der Waals surface area contributed by atoms with Crippen LogP contribution < -0.4 is 16.0 Å². The number of aliphatic imine (C=N–C) groups is 1. The number of aryl methyl sites for hydroxylation is 2. The number of hydrogen-bond donors (Lipinski definition) is 2. The number of benzene rings is 1. The van der Waals surface area contributed by atoms with Crippen LogP contribution in [0.2, 0.25) is 0 Å². The molecule has 0 bridgehead atoms. The first kappa shape index (κ1) is 30.9. The lowest BCUT2D eigenvalue weighted by Crippen LogP contribution is -2.50. The molecule has 13 heteroatoms. The van der Waals surface area contributed by atoms with Gasteiger partial charge in [0.15, 0.2) is 0 Å². The highest BCUT2D eigenvalue weighted by molar-refractivity contribution is 7.89. The first-order valence-corrected chi connectivity index (χ1v) is 14.8. The average molecular weight is 574 g/mol. The van der Waals surface area contributed by atoms with Crippen molar-refractivity contribution in [1.29, 1.82) is 0 Å². The van der Waals surface area contributed by atoms with Crippen LogP contribution in [0.4, 0.5) is 23.7 Å². The number of rotatable bonds is 11. The van der Waals surface area contributed by atoms with E-state index in [0.717, 1.165) is 16.7 Å². The number of unbranched alkanes of at least 4 members (excludes halogenated alkanes) is 3. The van der Waals surface area contributed by atoms with Gasteiger partial charge in [-0.25, -0.2) is 17.5 Å². The van der Waals surface area contributed by atoms with E-state index in [1.54, 1.807) is 19.2 Å². The van der Waals surface area contributed by atoms with Crippen molar-refractivity contribution < 1.29 is 31.2 Å². The number of nitrogens with zero attached hydrogens (tertiary/aromatic N) is 3. The Labute approximate surface area is 228 Å². The lowest BCUT2D eigenvalue weighted by Gasteiger charge is -2.34. The minimum absolute atomic E-state index is 0.0816. The molecule has 9 nitrogen and oxygen atoms in total. The quantitative estimate of drug-likeness (QED) is 0.389. The van der Waals surface area contributed by atoms with Gasteiger partial charge < -0.3 is 11.1 Å². The van der Waals surface area contributed by atoms with Crippen LogP contribution in [-0.4, -0.2) is 68.1 Å². The van der Waals surface area contributed by atoms with Crippen LogP contribution in [0, 0.1) is 13.8 Å². The highest BCUT2D eigenvalue weighted by atomic mass is 32.2. The van der Waals surface area contributed by atoms with Crippen LogP contribution in [0.3, 0.4) is 0 Å². The Morgan fingerprint density at radius 1 is 1.10 bits per heavy atom. The Hall–Kier alpha value is -2.67. The summed E-state index contributed by atoms with van der Waals surface area (Å²) >= 11 is 0. The van der Waals surface area contributed by atoms with Crippen LogP contribution in [0.5, 0.6) is 0 Å². The van der Waals surface area contributed by atoms with Gasteiger partial charge in [-0.15, -0.1) is 0 Å². The van der Waals surface area contributed by atoms with Crippen LogP contribution in [0.15, 0.2) is 17.1 Å². The molecule has 3 amide bonds. The highest BCUT2D eigenvalue weighted by Crippen LogP contribution is 2.32. The Morgan fingerprint density at radius 2 is 1.69 bits per heavy atom. The number of hydrogen-bond acceptors (Lipinski definition) is 5. The zero-order valence-corrected chi connectivity index (χ0v) is 23.6. The summed E-state index contributed by atoms with van der Waals surface area (Å²) in [5.41, 5.74) is 7.65. The molecular weight excluding hydrogens is 535 g/mol. The van der Waals surface area contributed by atoms with Gasteiger partial charge in [-0.3, -0.25) is 14.7 Å². The Kier molecular flexibility index (Phi) is 9.69. The number of carbonyl (C=O) groups excluding carboxylic acids is 2. The summed E-state index contributed by atoms with van der Waals surface area (Å²) in [6.07, 6.45) is -1.76. The van der Waals surface area contributed by atoms with Crippen molar-refractivity contribution in [1.82, 2.24) is 9.62 Å². The van der Waals surface area contributed by atoms with E-state index in [1.165, 1.54) is 9.21 Å². The molecule has 1 fully saturated rings. The fraction of sp³-hybridized carbons (Fsp3) is 0.654. The molecule has 0 radical (unpaired) electrons. The number of urea groups is 1. The molecule has 0 atom stereocenters. The lowest BCUT2D eigenvalue weighted by molar-refractivity contribution is -0.135. The van der Waals surface area contributed by atoms with Crippen LogP contribution in [-0.2, 0) is 21.2 Å². The number of alkyl halides is 3. The molecule has 0 unspecified atom stereocenters. The van der Waals surface area contributed by atoms with Crippen molar-refractivity contribution in [3.05, 3.63) is 28.8 Å². The van der Waals surface area contributed by atoms with Crippen LogP contribution in [0.25, 0.3) is 0 Å². The maximum atomic E-state index is 13.1. The molecule has 3 rings (SSSR count). The monoisotopic (exact) mass is 573 g/mol. The topological polar surface area (TPSA) is 125 Å². The normalized spacial score (nSPS) is 17.8. The molecule has 1 aromatic rings. The van der Waals surface area contributed by atoms with Crippen molar-refractivity contribution in [2.75, 3.05) is 30.8 Å². The fourth-order valence-corrected chi connectivity index (χ4v) is 6.65. The van der Waals surface area contributed by atoms with E-state index in [-0.39, 0.29) is 44.0 Å². The first-order chi connectivity index (χ1) is 18.1. The van der Waals surface area contributed by atoms with Crippen LogP contribution >= 0.6 is 0 Å². The number of amidine groups is 1. The standard InChI is InChI=1S/C26H38F3N5O4S/c1-18-16-20(33(3)24(30)36)17-19(2)21(18)9-15-39(37,38)34-13-11-25(12-14-34)23(35)31-22(32-25)8-6-4-5-7-10-26(27,28)29/h16-17H,4-15H2,1-3H3,(H2,30,36)(H,31,32,35). The molecular formula is C26H38F3N5O4S. The average Bonchev–Trinajstić information content (AvgIpc) is 3.13. The van der Waals surface area contributed by atoms with Crippen molar-refractivity contribution in [3.63, 3.8) is 0 Å². The van der Waals surface area contributed by atoms with Crippen molar-refractivity contribution >= 4 is 33.5 Å². The van der Waals surface area contributed by atoms with E-state index < -0.39 is 34.2 Å². The maximum Gasteiger partial charge on any atom is 0.389 e. The summed E-state index contributed by atoms with van der Waals surface area (Å²) in [6.45, 7) is 4.11. The number of piperidine rings is 1. The second-order valence-electron chi connectivity index (χ2n) is 10.5. The summed E-state index contributed by atoms with van der Waals surface area (Å²) in [6, 6.07) is 3.03. The molecule has 0 aliphatic carbocycles.